The number of anilines is 1. The number of benzene rings is 2. The molecule has 2 aromatic carbocycles. The normalized spacial score (nSPS) is 18.9. The lowest BCUT2D eigenvalue weighted by Crippen LogP contribution is -2.45. The van der Waals surface area contributed by atoms with E-state index in [1.165, 1.54) is 0 Å². The summed E-state index contributed by atoms with van der Waals surface area (Å²) in [5.41, 5.74) is -3.39. The highest BCUT2D eigenvalue weighted by Gasteiger charge is 2.66. The van der Waals surface area contributed by atoms with Gasteiger partial charge in [0.15, 0.2) is 5.60 Å². The molecule has 0 saturated heterocycles. The van der Waals surface area contributed by atoms with Gasteiger partial charge >= 0.3 is 20.4 Å². The lowest BCUT2D eigenvalue weighted by atomic mass is 10.1. The summed E-state index contributed by atoms with van der Waals surface area (Å²) in [7, 11) is -20.1. The number of carbonyl (C=O) groups is 1. The third kappa shape index (κ3) is 6.83. The molecule has 2 aromatic rings. The second-order valence-electron chi connectivity index (χ2n) is 6.96. The second kappa shape index (κ2) is 6.17. The number of nitrogens with one attached hydrogen (secondary N) is 1. The van der Waals surface area contributed by atoms with Crippen molar-refractivity contribution in [1.29, 1.82) is 0 Å². The van der Waals surface area contributed by atoms with Crippen LogP contribution in [-0.2, 0) is 4.79 Å². The monoisotopic (exact) mass is 523 g/mol. The Morgan fingerprint density at radius 2 is 1.34 bits per heavy atom. The fourth-order valence-electron chi connectivity index (χ4n) is 2.17. The van der Waals surface area contributed by atoms with Gasteiger partial charge in [0, 0.05) is 11.8 Å². The molecule has 0 bridgehead atoms. The molecule has 32 heavy (non-hydrogen) atoms. The molecule has 1 atom stereocenters. The van der Waals surface area contributed by atoms with Crippen LogP contribution in [0.5, 0.6) is 5.75 Å². The van der Waals surface area contributed by atoms with Crippen LogP contribution in [0.15, 0.2) is 58.3 Å². The lowest BCUT2D eigenvalue weighted by molar-refractivity contribution is -0.135. The van der Waals surface area contributed by atoms with E-state index in [1.54, 1.807) is 5.32 Å². The lowest BCUT2D eigenvalue weighted by Gasteiger charge is -2.40. The summed E-state index contributed by atoms with van der Waals surface area (Å²) in [6.07, 6.45) is 0. The van der Waals surface area contributed by atoms with Crippen molar-refractivity contribution in [3.8, 4) is 5.75 Å². The molecule has 16 heteroatoms. The van der Waals surface area contributed by atoms with Crippen molar-refractivity contribution >= 4 is 32.0 Å². The minimum Gasteiger partial charge on any atom is -0.490 e. The van der Waals surface area contributed by atoms with Crippen LogP contribution in [0.2, 0.25) is 0 Å². The zero-order chi connectivity index (χ0) is 25.0. The summed E-state index contributed by atoms with van der Waals surface area (Å²) < 4.78 is 133. The van der Waals surface area contributed by atoms with E-state index in [-0.39, 0.29) is 24.3 Å². The first-order valence-electron chi connectivity index (χ1n) is 8.12. The predicted molar refractivity (Wildman–Crippen MR) is 100 cm³/mol. The SMILES string of the molecule is CC(O)(COc1cccc(S(F)(F)(F)(F)F)c1)C(=O)Nc1cccc(S(F)(F)(F)(F)F)c1. The minimum absolute atomic E-state index is 0.0618. The van der Waals surface area contributed by atoms with Crippen molar-refractivity contribution in [2.45, 2.75) is 22.3 Å². The highest BCUT2D eigenvalue weighted by Crippen LogP contribution is 3.02. The number of halogens is 10. The van der Waals surface area contributed by atoms with Crippen LogP contribution < -0.4 is 10.1 Å². The van der Waals surface area contributed by atoms with E-state index in [0.717, 1.165) is 19.1 Å². The molecule has 0 fully saturated rings. The van der Waals surface area contributed by atoms with Crippen molar-refractivity contribution in [1.82, 2.24) is 0 Å². The summed E-state index contributed by atoms with van der Waals surface area (Å²) in [4.78, 5) is 7.50. The molecule has 4 nitrogen and oxygen atoms in total. The molecule has 0 heterocycles. The van der Waals surface area contributed by atoms with Crippen molar-refractivity contribution in [3.05, 3.63) is 48.5 Å². The van der Waals surface area contributed by atoms with Gasteiger partial charge in [0.05, 0.1) is 0 Å². The average Bonchev–Trinajstić information content (AvgIpc) is 2.57. The number of aliphatic hydroxyl groups is 1. The number of ether oxygens (including phenoxy) is 1. The Kier molecular flexibility index (Phi) is 4.99. The summed E-state index contributed by atoms with van der Waals surface area (Å²) in [6.45, 7) is -0.380. The quantitative estimate of drug-likeness (QED) is 0.365. The number of hydrogen-bond acceptors (Lipinski definition) is 3. The molecule has 2 N–H and O–H groups in total. The number of rotatable bonds is 7. The second-order valence-corrected chi connectivity index (χ2v) is 11.8. The molecule has 2 rings (SSSR count). The maximum atomic E-state index is 12.9. The van der Waals surface area contributed by atoms with E-state index in [1.807, 2.05) is 0 Å². The molecular formula is C16H15F10NO3S2. The van der Waals surface area contributed by atoms with Gasteiger partial charge in [0.2, 0.25) is 0 Å². The topological polar surface area (TPSA) is 58.6 Å². The smallest absolute Gasteiger partial charge is 0.310 e. The van der Waals surface area contributed by atoms with Crippen LogP contribution in [-0.4, -0.2) is 23.2 Å². The molecular weight excluding hydrogens is 508 g/mol. The number of hydrogen-bond donors (Lipinski definition) is 2. The Bertz CT molecular complexity index is 1070. The van der Waals surface area contributed by atoms with Gasteiger partial charge < -0.3 is 15.2 Å². The van der Waals surface area contributed by atoms with Crippen LogP contribution in [0.3, 0.4) is 0 Å². The Morgan fingerprint density at radius 3 is 1.84 bits per heavy atom. The van der Waals surface area contributed by atoms with Gasteiger partial charge in [-0.15, -0.1) is 0 Å². The molecule has 0 aliphatic carbocycles. The van der Waals surface area contributed by atoms with E-state index < -0.39 is 59.8 Å². The van der Waals surface area contributed by atoms with Crippen molar-refractivity contribution in [3.63, 3.8) is 0 Å². The zero-order valence-corrected chi connectivity index (χ0v) is 17.3. The van der Waals surface area contributed by atoms with Crippen molar-refractivity contribution in [2.75, 3.05) is 11.9 Å². The van der Waals surface area contributed by atoms with Crippen LogP contribution >= 0.6 is 20.4 Å². The fourth-order valence-corrected chi connectivity index (χ4v) is 3.53. The standard InChI is InChI=1S/C16H15F10NO3S2/c1-16(29,10-30-12-5-3-7-14(9-12)32(22,23,24,25)26)15(28)27-11-4-2-6-13(8-11)31(17,18,19,20)21/h2-9,29H,10H2,1H3,(H,27,28). The van der Waals surface area contributed by atoms with Crippen LogP contribution in [0.4, 0.5) is 44.5 Å². The van der Waals surface area contributed by atoms with Crippen molar-refractivity contribution in [2.24, 2.45) is 0 Å². The van der Waals surface area contributed by atoms with Gasteiger partial charge in [-0.25, -0.2) is 0 Å². The Morgan fingerprint density at radius 1 is 0.875 bits per heavy atom. The van der Waals surface area contributed by atoms with Gasteiger partial charge in [-0.05, 0) is 37.3 Å². The maximum Gasteiger partial charge on any atom is 0.310 e. The summed E-state index contributed by atoms with van der Waals surface area (Å²) in [6, 6.07) is 2.80. The molecule has 1 amide bonds. The largest absolute Gasteiger partial charge is 0.490 e. The first kappa shape index (κ1) is 25.9. The van der Waals surface area contributed by atoms with Crippen molar-refractivity contribution < 1.29 is 53.5 Å². The first-order valence-corrected chi connectivity index (χ1v) is 12.0. The van der Waals surface area contributed by atoms with Gasteiger partial charge in [-0.2, -0.15) is 0 Å². The Hall–Kier alpha value is -2.33. The molecule has 0 radical (unpaired) electrons. The van der Waals surface area contributed by atoms with E-state index in [0.29, 0.717) is 12.1 Å². The van der Waals surface area contributed by atoms with Gasteiger partial charge in [-0.3, -0.25) is 4.79 Å². The molecule has 0 saturated carbocycles. The van der Waals surface area contributed by atoms with Gasteiger partial charge in [-0.1, -0.05) is 51.0 Å². The Labute approximate surface area is 174 Å². The number of amides is 1. The summed E-state index contributed by atoms with van der Waals surface area (Å²) in [5, 5.41) is 11.8. The summed E-state index contributed by atoms with van der Waals surface area (Å²) in [5.74, 6) is -2.27. The third-order valence-electron chi connectivity index (χ3n) is 3.80. The predicted octanol–water partition coefficient (Wildman–Crippen LogP) is 7.77. The first-order chi connectivity index (χ1) is 13.8. The zero-order valence-electron chi connectivity index (χ0n) is 15.7. The van der Waals surface area contributed by atoms with E-state index in [9.17, 15) is 48.8 Å². The Balaban J connectivity index is 2.17. The molecule has 0 spiro atoms. The van der Waals surface area contributed by atoms with Gasteiger partial charge in [0.1, 0.15) is 22.1 Å². The maximum absolute atomic E-state index is 12.9. The average molecular weight is 523 g/mol. The summed E-state index contributed by atoms with van der Waals surface area (Å²) >= 11 is 0. The van der Waals surface area contributed by atoms with E-state index in [4.69, 9.17) is 4.74 Å². The fraction of sp³-hybridized carbons (Fsp3) is 0.188. The van der Waals surface area contributed by atoms with Gasteiger partial charge in [0.25, 0.3) is 5.91 Å². The third-order valence-corrected chi connectivity index (χ3v) is 6.09. The van der Waals surface area contributed by atoms with E-state index >= 15 is 0 Å². The minimum atomic E-state index is -10.1. The highest BCUT2D eigenvalue weighted by molar-refractivity contribution is 8.46. The van der Waals surface area contributed by atoms with Crippen LogP contribution in [0.25, 0.3) is 0 Å². The highest BCUT2D eigenvalue weighted by atomic mass is 32.5. The van der Waals surface area contributed by atoms with Crippen LogP contribution in [0.1, 0.15) is 6.92 Å². The molecule has 184 valence electrons. The molecule has 0 aromatic heterocycles. The van der Waals surface area contributed by atoms with Crippen LogP contribution in [0, 0.1) is 0 Å². The number of carbonyl (C=O) groups excluding carboxylic acids is 1. The van der Waals surface area contributed by atoms with E-state index in [2.05, 4.69) is 0 Å². The molecule has 0 aliphatic rings. The molecule has 1 unspecified atom stereocenters. The molecule has 0 aliphatic heterocycles.